The van der Waals surface area contributed by atoms with Crippen molar-refractivity contribution in [2.45, 2.75) is 13.1 Å². The Morgan fingerprint density at radius 2 is 2.22 bits per heavy atom. The number of nitrogens with zero attached hydrogens (tertiary/aromatic N) is 3. The fourth-order valence-electron chi connectivity index (χ4n) is 1.36. The molecule has 0 aliphatic rings. The van der Waals surface area contributed by atoms with Gasteiger partial charge in [-0.1, -0.05) is 0 Å². The Balaban J connectivity index is 2.95. The minimum atomic E-state index is -0.597. The number of nitrogens with one attached hydrogen (secondary N) is 1. The van der Waals surface area contributed by atoms with E-state index in [1.165, 1.54) is 12.3 Å². The van der Waals surface area contributed by atoms with Crippen molar-refractivity contribution in [3.8, 4) is 6.07 Å². The van der Waals surface area contributed by atoms with Crippen molar-refractivity contribution >= 4 is 5.91 Å². The number of hydrogen-bond acceptors (Lipinski definition) is 5. The first-order valence-electron chi connectivity index (χ1n) is 5.24. The Morgan fingerprint density at radius 3 is 2.83 bits per heavy atom. The van der Waals surface area contributed by atoms with Gasteiger partial charge in [-0.3, -0.25) is 18.7 Å². The standard InChI is InChI=1S/C10H13N5O3/c11-2-4-13-8(16)7-14-5-1-9(17)15(6-3-12)10(14)18/h1,5H,3-4,6-7,12H2,(H,13,16). The van der Waals surface area contributed by atoms with E-state index in [9.17, 15) is 14.4 Å². The molecule has 0 aliphatic heterocycles. The third kappa shape index (κ3) is 3.29. The van der Waals surface area contributed by atoms with Crippen molar-refractivity contribution in [3.05, 3.63) is 33.1 Å². The zero-order chi connectivity index (χ0) is 13.5. The summed E-state index contributed by atoms with van der Waals surface area (Å²) in [5.41, 5.74) is 4.24. The molecule has 0 aliphatic carbocycles. The molecular weight excluding hydrogens is 238 g/mol. The zero-order valence-electron chi connectivity index (χ0n) is 9.63. The number of carbonyl (C=O) groups excluding carboxylic acids is 1. The second-order valence-electron chi connectivity index (χ2n) is 3.44. The van der Waals surface area contributed by atoms with E-state index in [1.54, 1.807) is 6.07 Å². The van der Waals surface area contributed by atoms with E-state index in [4.69, 9.17) is 11.0 Å². The van der Waals surface area contributed by atoms with Crippen LogP contribution >= 0.6 is 0 Å². The Bertz CT molecular complexity index is 580. The van der Waals surface area contributed by atoms with Crippen molar-refractivity contribution in [1.82, 2.24) is 14.5 Å². The molecule has 0 atom stereocenters. The minimum Gasteiger partial charge on any atom is -0.341 e. The van der Waals surface area contributed by atoms with Crippen LogP contribution in [0, 0.1) is 11.3 Å². The predicted molar refractivity (Wildman–Crippen MR) is 62.6 cm³/mol. The summed E-state index contributed by atoms with van der Waals surface area (Å²) in [6.07, 6.45) is 1.24. The summed E-state index contributed by atoms with van der Waals surface area (Å²) in [7, 11) is 0. The molecule has 0 bridgehead atoms. The minimum absolute atomic E-state index is 0.0956. The number of nitriles is 1. The first-order valence-corrected chi connectivity index (χ1v) is 5.24. The summed E-state index contributed by atoms with van der Waals surface area (Å²) >= 11 is 0. The molecule has 18 heavy (non-hydrogen) atoms. The van der Waals surface area contributed by atoms with Gasteiger partial charge in [-0.25, -0.2) is 4.79 Å². The molecule has 1 amide bonds. The second kappa shape index (κ2) is 6.36. The fraction of sp³-hybridized carbons (Fsp3) is 0.400. The lowest BCUT2D eigenvalue weighted by Gasteiger charge is -2.08. The zero-order valence-corrected chi connectivity index (χ0v) is 9.63. The van der Waals surface area contributed by atoms with Crippen molar-refractivity contribution in [2.24, 2.45) is 5.73 Å². The van der Waals surface area contributed by atoms with Crippen molar-refractivity contribution in [3.63, 3.8) is 0 Å². The number of carbonyl (C=O) groups is 1. The van der Waals surface area contributed by atoms with E-state index in [2.05, 4.69) is 5.32 Å². The van der Waals surface area contributed by atoms with Gasteiger partial charge in [-0.05, 0) is 0 Å². The third-order valence-corrected chi connectivity index (χ3v) is 2.17. The first-order chi connectivity index (χ1) is 8.60. The first kappa shape index (κ1) is 13.7. The summed E-state index contributed by atoms with van der Waals surface area (Å²) in [4.78, 5) is 34.5. The summed E-state index contributed by atoms with van der Waals surface area (Å²) in [6, 6.07) is 2.94. The monoisotopic (exact) mass is 251 g/mol. The molecule has 0 fully saturated rings. The van der Waals surface area contributed by atoms with Gasteiger partial charge in [-0.2, -0.15) is 5.26 Å². The molecule has 0 saturated heterocycles. The molecule has 8 heteroatoms. The summed E-state index contributed by atoms with van der Waals surface area (Å²) < 4.78 is 2.04. The van der Waals surface area contributed by atoms with Crippen LogP contribution < -0.4 is 22.3 Å². The second-order valence-corrected chi connectivity index (χ2v) is 3.44. The van der Waals surface area contributed by atoms with Gasteiger partial charge in [0.1, 0.15) is 13.1 Å². The predicted octanol–water partition coefficient (Wildman–Crippen LogP) is -2.39. The average molecular weight is 251 g/mol. The van der Waals surface area contributed by atoms with Crippen LogP contribution in [0.1, 0.15) is 0 Å². The number of nitrogens with two attached hydrogens (primary N) is 1. The highest BCUT2D eigenvalue weighted by atomic mass is 16.2. The molecule has 1 heterocycles. The van der Waals surface area contributed by atoms with Gasteiger partial charge in [0.15, 0.2) is 0 Å². The van der Waals surface area contributed by atoms with Crippen LogP contribution in [0.25, 0.3) is 0 Å². The molecular formula is C10H13N5O3. The van der Waals surface area contributed by atoms with Crippen LogP contribution in [-0.4, -0.2) is 28.1 Å². The van der Waals surface area contributed by atoms with Gasteiger partial charge < -0.3 is 11.1 Å². The van der Waals surface area contributed by atoms with Gasteiger partial charge in [0.05, 0.1) is 6.07 Å². The maximum atomic E-state index is 11.8. The summed E-state index contributed by atoms with van der Waals surface area (Å²) in [5, 5.41) is 10.6. The van der Waals surface area contributed by atoms with Gasteiger partial charge in [0.2, 0.25) is 5.91 Å². The van der Waals surface area contributed by atoms with Crippen LogP contribution in [0.3, 0.4) is 0 Å². The third-order valence-electron chi connectivity index (χ3n) is 2.17. The molecule has 1 aromatic heterocycles. The van der Waals surface area contributed by atoms with Crippen LogP contribution in [0.5, 0.6) is 0 Å². The van der Waals surface area contributed by atoms with Crippen LogP contribution in [0.2, 0.25) is 0 Å². The van der Waals surface area contributed by atoms with Gasteiger partial charge in [0.25, 0.3) is 5.56 Å². The highest BCUT2D eigenvalue weighted by Crippen LogP contribution is 1.80. The molecule has 1 aromatic rings. The van der Waals surface area contributed by atoms with Gasteiger partial charge >= 0.3 is 5.69 Å². The molecule has 96 valence electrons. The van der Waals surface area contributed by atoms with E-state index < -0.39 is 17.2 Å². The number of amides is 1. The lowest BCUT2D eigenvalue weighted by atomic mass is 10.5. The van der Waals surface area contributed by atoms with Crippen molar-refractivity contribution in [1.29, 1.82) is 5.26 Å². The Labute approximate surface area is 102 Å². The number of aromatic nitrogens is 2. The maximum absolute atomic E-state index is 11.8. The average Bonchev–Trinajstić information content (AvgIpc) is 2.35. The van der Waals surface area contributed by atoms with E-state index in [0.717, 1.165) is 9.13 Å². The molecule has 0 aromatic carbocycles. The van der Waals surface area contributed by atoms with Crippen LogP contribution in [-0.2, 0) is 17.9 Å². The smallest absolute Gasteiger partial charge is 0.331 e. The van der Waals surface area contributed by atoms with Crippen LogP contribution in [0.4, 0.5) is 0 Å². The molecule has 8 nitrogen and oxygen atoms in total. The number of rotatable bonds is 5. The molecule has 0 spiro atoms. The molecule has 3 N–H and O–H groups in total. The Morgan fingerprint density at radius 1 is 1.50 bits per heavy atom. The summed E-state index contributed by atoms with van der Waals surface area (Å²) in [5.74, 6) is -0.475. The van der Waals surface area contributed by atoms with Gasteiger partial charge in [0, 0.05) is 25.4 Å². The van der Waals surface area contributed by atoms with Crippen molar-refractivity contribution < 1.29 is 4.79 Å². The van der Waals surface area contributed by atoms with Crippen molar-refractivity contribution in [2.75, 3.05) is 13.1 Å². The topological polar surface area (TPSA) is 123 Å². The lowest BCUT2D eigenvalue weighted by Crippen LogP contribution is -2.42. The van der Waals surface area contributed by atoms with Gasteiger partial charge in [-0.15, -0.1) is 0 Å². The van der Waals surface area contributed by atoms with E-state index in [-0.39, 0.29) is 26.2 Å². The normalized spacial score (nSPS) is 9.78. The highest BCUT2D eigenvalue weighted by Gasteiger charge is 2.07. The fourth-order valence-corrected chi connectivity index (χ4v) is 1.36. The number of hydrogen-bond donors (Lipinski definition) is 2. The lowest BCUT2D eigenvalue weighted by molar-refractivity contribution is -0.121. The Hall–Kier alpha value is -2.40. The SMILES string of the molecule is N#CCNC(=O)Cn1ccc(=O)n(CCN)c1=O. The quantitative estimate of drug-likeness (QED) is 0.565. The molecule has 0 saturated carbocycles. The van der Waals surface area contributed by atoms with Crippen LogP contribution in [0.15, 0.2) is 21.9 Å². The molecule has 0 unspecified atom stereocenters. The Kier molecular flexibility index (Phi) is 4.83. The largest absolute Gasteiger partial charge is 0.341 e. The molecule has 1 rings (SSSR count). The summed E-state index contributed by atoms with van der Waals surface area (Å²) in [6.45, 7) is -0.125. The van der Waals surface area contributed by atoms with E-state index in [0.29, 0.717) is 0 Å². The maximum Gasteiger partial charge on any atom is 0.331 e. The highest BCUT2D eigenvalue weighted by molar-refractivity contribution is 5.75. The van der Waals surface area contributed by atoms with E-state index in [1.807, 2.05) is 0 Å². The van der Waals surface area contributed by atoms with E-state index >= 15 is 0 Å². The molecule has 0 radical (unpaired) electrons.